The van der Waals surface area contributed by atoms with Crippen molar-refractivity contribution in [1.29, 1.82) is 0 Å². The molecule has 4 rings (SSSR count). The van der Waals surface area contributed by atoms with Crippen molar-refractivity contribution in [3.8, 4) is 0 Å². The average Bonchev–Trinajstić information content (AvgIpc) is 3.12. The fourth-order valence-electron chi connectivity index (χ4n) is 3.88. The van der Waals surface area contributed by atoms with Crippen molar-refractivity contribution in [1.82, 2.24) is 10.2 Å². The fourth-order valence-corrected chi connectivity index (χ4v) is 3.88. The summed E-state index contributed by atoms with van der Waals surface area (Å²) >= 11 is 0. The molecule has 1 heterocycles. The van der Waals surface area contributed by atoms with Crippen LogP contribution in [0.4, 0.5) is 0 Å². The Balaban J connectivity index is 1.52. The third-order valence-electron chi connectivity index (χ3n) is 5.22. The van der Waals surface area contributed by atoms with Crippen LogP contribution in [0, 0.1) is 0 Å². The highest BCUT2D eigenvalue weighted by atomic mass is 16.1. The van der Waals surface area contributed by atoms with Crippen molar-refractivity contribution in [2.45, 2.75) is 18.5 Å². The lowest BCUT2D eigenvalue weighted by atomic mass is 9.94. The number of hydrogen-bond acceptors (Lipinski definition) is 2. The lowest BCUT2D eigenvalue weighted by Crippen LogP contribution is -2.39. The van der Waals surface area contributed by atoms with Gasteiger partial charge in [-0.25, -0.2) is 0 Å². The SMILES string of the molecule is O=C(N[C@@H]1CN(Cc2ccccc2)C[C@H]1c1ccccc1)c1ccccc1. The summed E-state index contributed by atoms with van der Waals surface area (Å²) in [5.41, 5.74) is 3.30. The second-order valence-corrected chi connectivity index (χ2v) is 7.14. The standard InChI is InChI=1S/C24H24N2O/c27-24(21-14-8-3-9-15-21)25-23-18-26(16-19-10-4-1-5-11-19)17-22(23)20-12-6-2-7-13-20/h1-15,22-23H,16-18H2,(H,25,27)/t22-,23+/m0/s1. The zero-order chi connectivity index (χ0) is 18.5. The predicted octanol–water partition coefficient (Wildman–Crippen LogP) is 4.08. The first-order chi connectivity index (χ1) is 13.3. The number of carbonyl (C=O) groups excluding carboxylic acids is 1. The molecule has 0 bridgehead atoms. The van der Waals surface area contributed by atoms with Crippen LogP contribution >= 0.6 is 0 Å². The summed E-state index contributed by atoms with van der Waals surface area (Å²) < 4.78 is 0. The van der Waals surface area contributed by atoms with Gasteiger partial charge >= 0.3 is 0 Å². The molecule has 27 heavy (non-hydrogen) atoms. The van der Waals surface area contributed by atoms with Crippen LogP contribution in [0.3, 0.4) is 0 Å². The molecule has 2 atom stereocenters. The first kappa shape index (κ1) is 17.5. The van der Waals surface area contributed by atoms with Gasteiger partial charge in [-0.1, -0.05) is 78.9 Å². The summed E-state index contributed by atoms with van der Waals surface area (Å²) in [5, 5.41) is 3.28. The molecule has 1 aliphatic rings. The highest BCUT2D eigenvalue weighted by Gasteiger charge is 2.34. The first-order valence-electron chi connectivity index (χ1n) is 9.47. The third kappa shape index (κ3) is 4.26. The number of nitrogens with one attached hydrogen (secondary N) is 1. The molecular weight excluding hydrogens is 332 g/mol. The topological polar surface area (TPSA) is 32.3 Å². The molecule has 1 N–H and O–H groups in total. The number of rotatable bonds is 5. The minimum absolute atomic E-state index is 0.00286. The van der Waals surface area contributed by atoms with Gasteiger partial charge in [0.25, 0.3) is 5.91 Å². The van der Waals surface area contributed by atoms with E-state index in [9.17, 15) is 4.79 Å². The van der Waals surface area contributed by atoms with Crippen LogP contribution in [0.5, 0.6) is 0 Å². The lowest BCUT2D eigenvalue weighted by molar-refractivity contribution is 0.0935. The molecule has 1 fully saturated rings. The highest BCUT2D eigenvalue weighted by Crippen LogP contribution is 2.29. The van der Waals surface area contributed by atoms with Gasteiger partial charge in [-0.15, -0.1) is 0 Å². The summed E-state index contributed by atoms with van der Waals surface area (Å²) in [6, 6.07) is 30.6. The van der Waals surface area contributed by atoms with Gasteiger partial charge in [0.15, 0.2) is 0 Å². The summed E-state index contributed by atoms with van der Waals surface area (Å²) in [5.74, 6) is 0.297. The van der Waals surface area contributed by atoms with E-state index in [2.05, 4.69) is 58.7 Å². The largest absolute Gasteiger partial charge is 0.347 e. The second-order valence-electron chi connectivity index (χ2n) is 7.14. The normalized spacial score (nSPS) is 19.7. The van der Waals surface area contributed by atoms with Gasteiger partial charge in [-0.05, 0) is 23.3 Å². The summed E-state index contributed by atoms with van der Waals surface area (Å²) in [7, 11) is 0. The van der Waals surface area contributed by atoms with Crippen molar-refractivity contribution >= 4 is 5.91 Å². The van der Waals surface area contributed by atoms with Gasteiger partial charge in [-0.3, -0.25) is 9.69 Å². The number of amides is 1. The molecule has 0 saturated carbocycles. The number of likely N-dealkylation sites (tertiary alicyclic amines) is 1. The van der Waals surface area contributed by atoms with E-state index in [-0.39, 0.29) is 11.9 Å². The van der Waals surface area contributed by atoms with Gasteiger partial charge in [-0.2, -0.15) is 0 Å². The van der Waals surface area contributed by atoms with Gasteiger partial charge in [0.2, 0.25) is 0 Å². The molecule has 3 nitrogen and oxygen atoms in total. The molecule has 0 unspecified atom stereocenters. The van der Waals surface area contributed by atoms with Crippen molar-refractivity contribution in [3.05, 3.63) is 108 Å². The summed E-state index contributed by atoms with van der Waals surface area (Å²) in [6.45, 7) is 2.70. The van der Waals surface area contributed by atoms with E-state index < -0.39 is 0 Å². The van der Waals surface area contributed by atoms with Crippen molar-refractivity contribution in [2.24, 2.45) is 0 Å². The maximum Gasteiger partial charge on any atom is 0.251 e. The molecule has 0 radical (unpaired) electrons. The van der Waals surface area contributed by atoms with Crippen LogP contribution in [0.2, 0.25) is 0 Å². The quantitative estimate of drug-likeness (QED) is 0.747. The third-order valence-corrected chi connectivity index (χ3v) is 5.22. The molecule has 1 amide bonds. The molecule has 0 aliphatic carbocycles. The Kier molecular flexibility index (Phi) is 5.31. The zero-order valence-corrected chi connectivity index (χ0v) is 15.3. The van der Waals surface area contributed by atoms with Crippen molar-refractivity contribution in [3.63, 3.8) is 0 Å². The molecular formula is C24H24N2O. The number of nitrogens with zero attached hydrogens (tertiary/aromatic N) is 1. The minimum Gasteiger partial charge on any atom is -0.347 e. The molecule has 0 aromatic heterocycles. The van der Waals surface area contributed by atoms with E-state index in [0.29, 0.717) is 11.5 Å². The number of carbonyl (C=O) groups is 1. The molecule has 1 saturated heterocycles. The first-order valence-corrected chi connectivity index (χ1v) is 9.47. The zero-order valence-electron chi connectivity index (χ0n) is 15.3. The Hall–Kier alpha value is -2.91. The van der Waals surface area contributed by atoms with E-state index in [1.807, 2.05) is 42.5 Å². The van der Waals surface area contributed by atoms with Crippen LogP contribution in [0.1, 0.15) is 27.4 Å². The molecule has 3 heteroatoms. The Morgan fingerprint density at radius 1 is 0.815 bits per heavy atom. The average molecular weight is 356 g/mol. The minimum atomic E-state index is 0.00286. The Labute approximate surface area is 160 Å². The van der Waals surface area contributed by atoms with Crippen LogP contribution in [0.25, 0.3) is 0 Å². The molecule has 136 valence electrons. The van der Waals surface area contributed by atoms with Crippen LogP contribution in [-0.4, -0.2) is 29.9 Å². The molecule has 3 aromatic carbocycles. The maximum atomic E-state index is 12.7. The highest BCUT2D eigenvalue weighted by molar-refractivity contribution is 5.94. The van der Waals surface area contributed by atoms with Gasteiger partial charge < -0.3 is 5.32 Å². The van der Waals surface area contributed by atoms with Gasteiger partial charge in [0, 0.05) is 37.2 Å². The molecule has 3 aromatic rings. The van der Waals surface area contributed by atoms with E-state index in [1.165, 1.54) is 11.1 Å². The lowest BCUT2D eigenvalue weighted by Gasteiger charge is -2.20. The smallest absolute Gasteiger partial charge is 0.251 e. The monoisotopic (exact) mass is 356 g/mol. The Morgan fingerprint density at radius 2 is 1.41 bits per heavy atom. The van der Waals surface area contributed by atoms with Gasteiger partial charge in [0.05, 0.1) is 0 Å². The number of benzene rings is 3. The van der Waals surface area contributed by atoms with Crippen LogP contribution < -0.4 is 5.32 Å². The van der Waals surface area contributed by atoms with Crippen LogP contribution in [0.15, 0.2) is 91.0 Å². The Bertz CT molecular complexity index is 865. The summed E-state index contributed by atoms with van der Waals surface area (Å²) in [6.07, 6.45) is 0. The van der Waals surface area contributed by atoms with Crippen molar-refractivity contribution < 1.29 is 4.79 Å². The molecule has 1 aliphatic heterocycles. The van der Waals surface area contributed by atoms with E-state index >= 15 is 0 Å². The van der Waals surface area contributed by atoms with Gasteiger partial charge in [0.1, 0.15) is 0 Å². The predicted molar refractivity (Wildman–Crippen MR) is 109 cm³/mol. The number of hydrogen-bond donors (Lipinski definition) is 1. The van der Waals surface area contributed by atoms with E-state index in [0.717, 1.165) is 19.6 Å². The fraction of sp³-hybridized carbons (Fsp3) is 0.208. The van der Waals surface area contributed by atoms with E-state index in [1.54, 1.807) is 0 Å². The summed E-state index contributed by atoms with van der Waals surface area (Å²) in [4.78, 5) is 15.1. The Morgan fingerprint density at radius 3 is 2.07 bits per heavy atom. The van der Waals surface area contributed by atoms with E-state index in [4.69, 9.17) is 0 Å². The second kappa shape index (κ2) is 8.19. The van der Waals surface area contributed by atoms with Crippen LogP contribution in [-0.2, 0) is 6.54 Å². The molecule has 0 spiro atoms. The maximum absolute atomic E-state index is 12.7. The van der Waals surface area contributed by atoms with Crippen molar-refractivity contribution in [2.75, 3.05) is 13.1 Å².